The average molecular weight is 306 g/mol. The molecule has 1 aromatic rings. The SMILES string of the molecule is O=C(Cc1ccc(F)cc1)NCCCNC(=O)C(F)(F)F. The van der Waals surface area contributed by atoms with Crippen LogP contribution in [-0.2, 0) is 16.0 Å². The van der Waals surface area contributed by atoms with Crippen molar-refractivity contribution in [3.05, 3.63) is 35.6 Å². The standard InChI is InChI=1S/C13H14F4N2O2/c14-10-4-2-9(3-5-10)8-11(20)18-6-1-7-19-12(21)13(15,16)17/h2-5H,1,6-8H2,(H,18,20)(H,19,21). The average Bonchev–Trinajstić information content (AvgIpc) is 2.39. The van der Waals surface area contributed by atoms with Gasteiger partial charge in [0, 0.05) is 13.1 Å². The van der Waals surface area contributed by atoms with Gasteiger partial charge < -0.3 is 10.6 Å². The first-order valence-corrected chi connectivity index (χ1v) is 6.15. The molecule has 0 heterocycles. The smallest absolute Gasteiger partial charge is 0.356 e. The molecule has 0 saturated heterocycles. The Morgan fingerprint density at radius 1 is 1.00 bits per heavy atom. The molecular weight excluding hydrogens is 292 g/mol. The zero-order chi connectivity index (χ0) is 15.9. The fraction of sp³-hybridized carbons (Fsp3) is 0.385. The second-order valence-corrected chi connectivity index (χ2v) is 4.26. The van der Waals surface area contributed by atoms with Crippen LogP contribution in [0.3, 0.4) is 0 Å². The highest BCUT2D eigenvalue weighted by atomic mass is 19.4. The van der Waals surface area contributed by atoms with Gasteiger partial charge in [-0.2, -0.15) is 13.2 Å². The minimum absolute atomic E-state index is 0.0508. The molecule has 0 aliphatic rings. The number of benzene rings is 1. The van der Waals surface area contributed by atoms with Crippen LogP contribution in [0.15, 0.2) is 24.3 Å². The van der Waals surface area contributed by atoms with Crippen LogP contribution in [0.5, 0.6) is 0 Å². The van der Waals surface area contributed by atoms with E-state index in [4.69, 9.17) is 0 Å². The summed E-state index contributed by atoms with van der Waals surface area (Å²) in [5.74, 6) is -2.73. The molecule has 0 atom stereocenters. The van der Waals surface area contributed by atoms with Crippen LogP contribution in [0, 0.1) is 5.82 Å². The van der Waals surface area contributed by atoms with Crippen molar-refractivity contribution in [2.75, 3.05) is 13.1 Å². The highest BCUT2D eigenvalue weighted by Crippen LogP contribution is 2.13. The van der Waals surface area contributed by atoms with E-state index in [2.05, 4.69) is 5.32 Å². The largest absolute Gasteiger partial charge is 0.471 e. The maximum Gasteiger partial charge on any atom is 0.471 e. The van der Waals surface area contributed by atoms with Crippen molar-refractivity contribution in [3.63, 3.8) is 0 Å². The number of rotatable bonds is 6. The van der Waals surface area contributed by atoms with Crippen LogP contribution in [0.1, 0.15) is 12.0 Å². The summed E-state index contributed by atoms with van der Waals surface area (Å²) in [6, 6.07) is 5.40. The van der Waals surface area contributed by atoms with Gasteiger partial charge in [0.05, 0.1) is 6.42 Å². The maximum absolute atomic E-state index is 12.6. The minimum Gasteiger partial charge on any atom is -0.356 e. The first-order valence-electron chi connectivity index (χ1n) is 6.15. The Hall–Kier alpha value is -2.12. The molecule has 0 unspecified atom stereocenters. The van der Waals surface area contributed by atoms with Gasteiger partial charge in [0.15, 0.2) is 0 Å². The third kappa shape index (κ3) is 6.73. The molecule has 2 N–H and O–H groups in total. The summed E-state index contributed by atoms with van der Waals surface area (Å²) < 4.78 is 48.2. The van der Waals surface area contributed by atoms with E-state index in [0.29, 0.717) is 5.56 Å². The van der Waals surface area contributed by atoms with Crippen LogP contribution >= 0.6 is 0 Å². The Kier molecular flexibility index (Phi) is 6.13. The molecule has 8 heteroatoms. The molecule has 2 amide bonds. The third-order valence-electron chi connectivity index (χ3n) is 2.50. The summed E-state index contributed by atoms with van der Waals surface area (Å²) in [7, 11) is 0. The van der Waals surface area contributed by atoms with Crippen LogP contribution in [-0.4, -0.2) is 31.1 Å². The van der Waals surface area contributed by atoms with Gasteiger partial charge in [0.2, 0.25) is 5.91 Å². The quantitative estimate of drug-likeness (QED) is 0.619. The summed E-state index contributed by atoms with van der Waals surface area (Å²) in [6.07, 6.45) is -4.67. The van der Waals surface area contributed by atoms with Crippen molar-refractivity contribution in [2.45, 2.75) is 19.0 Å². The molecular formula is C13H14F4N2O2. The van der Waals surface area contributed by atoms with E-state index >= 15 is 0 Å². The second-order valence-electron chi connectivity index (χ2n) is 4.26. The minimum atomic E-state index is -4.90. The van der Waals surface area contributed by atoms with Crippen LogP contribution in [0.25, 0.3) is 0 Å². The molecule has 116 valence electrons. The lowest BCUT2D eigenvalue weighted by Gasteiger charge is -2.08. The fourth-order valence-electron chi connectivity index (χ4n) is 1.47. The normalized spacial score (nSPS) is 11.0. The molecule has 0 aliphatic carbocycles. The Balaban J connectivity index is 2.17. The van der Waals surface area contributed by atoms with E-state index in [-0.39, 0.29) is 31.8 Å². The lowest BCUT2D eigenvalue weighted by atomic mass is 10.1. The Bertz CT molecular complexity index is 486. The number of halogens is 4. The van der Waals surface area contributed by atoms with E-state index < -0.39 is 17.9 Å². The van der Waals surface area contributed by atoms with E-state index in [9.17, 15) is 27.2 Å². The first-order chi connectivity index (χ1) is 9.79. The number of amides is 2. The Morgan fingerprint density at radius 2 is 1.57 bits per heavy atom. The second kappa shape index (κ2) is 7.61. The Labute approximate surface area is 118 Å². The summed E-state index contributed by atoms with van der Waals surface area (Å²) in [5, 5.41) is 4.19. The monoisotopic (exact) mass is 306 g/mol. The van der Waals surface area contributed by atoms with E-state index in [1.54, 1.807) is 5.32 Å². The van der Waals surface area contributed by atoms with Gasteiger partial charge in [0.1, 0.15) is 5.82 Å². The number of hydrogen-bond acceptors (Lipinski definition) is 2. The number of alkyl halides is 3. The molecule has 21 heavy (non-hydrogen) atoms. The highest BCUT2D eigenvalue weighted by molar-refractivity contribution is 5.81. The lowest BCUT2D eigenvalue weighted by Crippen LogP contribution is -2.38. The van der Waals surface area contributed by atoms with Crippen molar-refractivity contribution >= 4 is 11.8 Å². The molecule has 1 aromatic carbocycles. The van der Waals surface area contributed by atoms with Gasteiger partial charge in [0.25, 0.3) is 0 Å². The number of hydrogen-bond donors (Lipinski definition) is 2. The van der Waals surface area contributed by atoms with E-state index in [1.807, 2.05) is 0 Å². The summed E-state index contributed by atoms with van der Waals surface area (Å²) in [4.78, 5) is 22.0. The van der Waals surface area contributed by atoms with Crippen molar-refractivity contribution in [1.29, 1.82) is 0 Å². The van der Waals surface area contributed by atoms with Crippen molar-refractivity contribution < 1.29 is 27.2 Å². The molecule has 0 aliphatic heterocycles. The molecule has 4 nitrogen and oxygen atoms in total. The first kappa shape index (κ1) is 16.9. The Morgan fingerprint density at radius 3 is 2.14 bits per heavy atom. The summed E-state index contributed by atoms with van der Waals surface area (Å²) in [5.41, 5.74) is 0.624. The van der Waals surface area contributed by atoms with Gasteiger partial charge in [-0.25, -0.2) is 4.39 Å². The van der Waals surface area contributed by atoms with E-state index in [0.717, 1.165) is 0 Å². The summed E-state index contributed by atoms with van der Waals surface area (Å²) >= 11 is 0. The number of nitrogens with one attached hydrogen (secondary N) is 2. The zero-order valence-electron chi connectivity index (χ0n) is 11.0. The van der Waals surface area contributed by atoms with E-state index in [1.165, 1.54) is 24.3 Å². The summed E-state index contributed by atoms with van der Waals surface area (Å²) in [6.45, 7) is -0.0483. The third-order valence-corrected chi connectivity index (χ3v) is 2.50. The van der Waals surface area contributed by atoms with Gasteiger partial charge >= 0.3 is 12.1 Å². The topological polar surface area (TPSA) is 58.2 Å². The highest BCUT2D eigenvalue weighted by Gasteiger charge is 2.38. The van der Waals surface area contributed by atoms with Crippen LogP contribution < -0.4 is 10.6 Å². The predicted molar refractivity (Wildman–Crippen MR) is 66.8 cm³/mol. The fourth-order valence-corrected chi connectivity index (χ4v) is 1.47. The molecule has 0 fully saturated rings. The van der Waals surface area contributed by atoms with Gasteiger partial charge in [-0.3, -0.25) is 9.59 Å². The molecule has 0 spiro atoms. The van der Waals surface area contributed by atoms with Crippen molar-refractivity contribution in [3.8, 4) is 0 Å². The lowest BCUT2D eigenvalue weighted by molar-refractivity contribution is -0.173. The van der Waals surface area contributed by atoms with Crippen LogP contribution in [0.4, 0.5) is 17.6 Å². The molecule has 0 aromatic heterocycles. The van der Waals surface area contributed by atoms with Gasteiger partial charge in [-0.1, -0.05) is 12.1 Å². The molecule has 0 bridgehead atoms. The zero-order valence-corrected chi connectivity index (χ0v) is 11.0. The van der Waals surface area contributed by atoms with Crippen molar-refractivity contribution in [2.24, 2.45) is 0 Å². The molecule has 0 saturated carbocycles. The van der Waals surface area contributed by atoms with Gasteiger partial charge in [-0.15, -0.1) is 0 Å². The number of carbonyl (C=O) groups is 2. The van der Waals surface area contributed by atoms with Gasteiger partial charge in [-0.05, 0) is 24.1 Å². The van der Waals surface area contributed by atoms with Crippen LogP contribution in [0.2, 0.25) is 0 Å². The maximum atomic E-state index is 12.6. The van der Waals surface area contributed by atoms with Crippen molar-refractivity contribution in [1.82, 2.24) is 10.6 Å². The molecule has 1 rings (SSSR count). The molecule has 0 radical (unpaired) electrons. The predicted octanol–water partition coefficient (Wildman–Crippen LogP) is 1.55. The number of carbonyl (C=O) groups excluding carboxylic acids is 2.